The molecule has 20 heavy (non-hydrogen) atoms. The second-order valence-electron chi connectivity index (χ2n) is 5.17. The second-order valence-corrected chi connectivity index (χ2v) is 6.65. The molecule has 112 valence electrons. The fraction of sp³-hybridized carbons (Fsp3) is 0.769. The van der Waals surface area contributed by atoms with E-state index in [2.05, 4.69) is 39.0 Å². The number of anilines is 2. The van der Waals surface area contributed by atoms with Crippen LogP contribution in [0.5, 0.6) is 6.01 Å². The summed E-state index contributed by atoms with van der Waals surface area (Å²) in [5, 5.41) is 3.54. The predicted octanol–water partition coefficient (Wildman–Crippen LogP) is 2.03. The Labute approximate surface area is 124 Å². The van der Waals surface area contributed by atoms with Gasteiger partial charge in [-0.15, -0.1) is 0 Å². The van der Waals surface area contributed by atoms with Crippen LogP contribution in [0.4, 0.5) is 11.9 Å². The molecule has 2 unspecified atom stereocenters. The molecule has 1 aromatic rings. The Morgan fingerprint density at radius 1 is 1.30 bits per heavy atom. The minimum absolute atomic E-state index is 0.0446. The minimum atomic E-state index is 0.0446. The van der Waals surface area contributed by atoms with E-state index in [9.17, 15) is 0 Å². The average molecular weight is 297 g/mol. The molecule has 6 nitrogen and oxygen atoms in total. The van der Waals surface area contributed by atoms with Gasteiger partial charge >= 0.3 is 6.01 Å². The summed E-state index contributed by atoms with van der Waals surface area (Å²) in [5.41, 5.74) is 0. The molecule has 2 atom stereocenters. The van der Waals surface area contributed by atoms with Crippen molar-refractivity contribution in [3.63, 3.8) is 0 Å². The number of hydrogen-bond acceptors (Lipinski definition) is 7. The molecule has 0 bridgehead atoms. The topological polar surface area (TPSA) is 63.2 Å². The smallest absolute Gasteiger partial charge is 0.323 e. The van der Waals surface area contributed by atoms with Crippen LogP contribution in [-0.4, -0.2) is 51.7 Å². The Hall–Kier alpha value is -1.24. The van der Waals surface area contributed by atoms with Crippen LogP contribution in [-0.2, 0) is 0 Å². The molecule has 0 spiro atoms. The van der Waals surface area contributed by atoms with Crippen LogP contribution in [0, 0.1) is 0 Å². The lowest BCUT2D eigenvalue weighted by molar-refractivity contribution is 0.222. The molecule has 0 saturated carbocycles. The predicted molar refractivity (Wildman–Crippen MR) is 83.9 cm³/mol. The van der Waals surface area contributed by atoms with Crippen LogP contribution in [0.25, 0.3) is 0 Å². The number of thioether (sulfide) groups is 1. The van der Waals surface area contributed by atoms with E-state index in [4.69, 9.17) is 4.74 Å². The summed E-state index contributed by atoms with van der Waals surface area (Å²) in [7, 11) is 1.80. The molecular weight excluding hydrogens is 274 g/mol. The zero-order valence-electron chi connectivity index (χ0n) is 12.8. The van der Waals surface area contributed by atoms with E-state index < -0.39 is 0 Å². The first-order valence-corrected chi connectivity index (χ1v) is 8.05. The van der Waals surface area contributed by atoms with Crippen molar-refractivity contribution in [2.75, 3.05) is 29.6 Å². The summed E-state index contributed by atoms with van der Waals surface area (Å²) < 4.78 is 5.62. The van der Waals surface area contributed by atoms with Gasteiger partial charge in [0.25, 0.3) is 0 Å². The van der Waals surface area contributed by atoms with Crippen LogP contribution >= 0.6 is 11.8 Å². The van der Waals surface area contributed by atoms with E-state index in [1.165, 1.54) is 0 Å². The molecule has 1 saturated heterocycles. The number of nitrogens with zero attached hydrogens (tertiary/aromatic N) is 4. The van der Waals surface area contributed by atoms with Crippen LogP contribution in [0.3, 0.4) is 0 Å². The highest BCUT2D eigenvalue weighted by molar-refractivity contribution is 8.00. The van der Waals surface area contributed by atoms with E-state index in [1.54, 1.807) is 7.05 Å². The molecule has 1 aliphatic heterocycles. The maximum Gasteiger partial charge on any atom is 0.323 e. The van der Waals surface area contributed by atoms with Gasteiger partial charge in [0.2, 0.25) is 11.9 Å². The lowest BCUT2D eigenvalue weighted by Gasteiger charge is -2.37. The van der Waals surface area contributed by atoms with E-state index >= 15 is 0 Å². The molecule has 1 fully saturated rings. The Balaban J connectivity index is 2.29. The molecule has 2 heterocycles. The van der Waals surface area contributed by atoms with Gasteiger partial charge in [-0.2, -0.15) is 26.7 Å². The van der Waals surface area contributed by atoms with Crippen molar-refractivity contribution in [2.45, 2.75) is 45.1 Å². The van der Waals surface area contributed by atoms with Crippen molar-refractivity contribution in [3.8, 4) is 6.01 Å². The largest absolute Gasteiger partial charge is 0.461 e. The van der Waals surface area contributed by atoms with Crippen molar-refractivity contribution < 1.29 is 4.74 Å². The Morgan fingerprint density at radius 3 is 2.70 bits per heavy atom. The molecule has 0 aromatic carbocycles. The maximum atomic E-state index is 5.62. The van der Waals surface area contributed by atoms with Gasteiger partial charge in [-0.1, -0.05) is 6.92 Å². The van der Waals surface area contributed by atoms with E-state index in [0.29, 0.717) is 29.2 Å². The van der Waals surface area contributed by atoms with Gasteiger partial charge < -0.3 is 15.0 Å². The van der Waals surface area contributed by atoms with Crippen LogP contribution in [0.2, 0.25) is 0 Å². The number of nitrogens with one attached hydrogen (secondary N) is 1. The normalized spacial score (nSPS) is 23.0. The standard InChI is InChI=1S/C13H23N5OS/c1-8(2)19-13-16-11(14-5)15-12(17-13)18-6-7-20-10(4)9(18)3/h8-10H,6-7H2,1-5H3,(H,14,15,16,17). The van der Waals surface area contributed by atoms with Crippen LogP contribution < -0.4 is 15.0 Å². The molecule has 1 aromatic heterocycles. The fourth-order valence-corrected chi connectivity index (χ4v) is 3.16. The molecule has 7 heteroatoms. The fourth-order valence-electron chi connectivity index (χ4n) is 2.07. The summed E-state index contributed by atoms with van der Waals surface area (Å²) in [4.78, 5) is 15.4. The minimum Gasteiger partial charge on any atom is -0.461 e. The highest BCUT2D eigenvalue weighted by atomic mass is 32.2. The summed E-state index contributed by atoms with van der Waals surface area (Å²) in [6.45, 7) is 9.33. The molecule has 1 N–H and O–H groups in total. The van der Waals surface area contributed by atoms with E-state index in [-0.39, 0.29) is 6.10 Å². The molecule has 2 rings (SSSR count). The van der Waals surface area contributed by atoms with Gasteiger partial charge in [0.1, 0.15) is 0 Å². The van der Waals surface area contributed by atoms with Crippen molar-refractivity contribution in [1.82, 2.24) is 15.0 Å². The molecule has 1 aliphatic rings. The number of ether oxygens (including phenoxy) is 1. The quantitative estimate of drug-likeness (QED) is 0.912. The van der Waals surface area contributed by atoms with Gasteiger partial charge in [0.05, 0.1) is 6.10 Å². The summed E-state index contributed by atoms with van der Waals surface area (Å²) in [6.07, 6.45) is 0.0446. The SMILES string of the molecule is CNc1nc(OC(C)C)nc(N2CCSC(C)C2C)n1. The van der Waals surface area contributed by atoms with Crippen molar-refractivity contribution in [2.24, 2.45) is 0 Å². The highest BCUT2D eigenvalue weighted by Crippen LogP contribution is 2.28. The first-order chi connectivity index (χ1) is 9.51. The Bertz CT molecular complexity index is 456. The number of hydrogen-bond donors (Lipinski definition) is 1. The van der Waals surface area contributed by atoms with E-state index in [1.807, 2.05) is 25.6 Å². The summed E-state index contributed by atoms with van der Waals surface area (Å²) >= 11 is 1.99. The summed E-state index contributed by atoms with van der Waals surface area (Å²) in [5.74, 6) is 2.33. The van der Waals surface area contributed by atoms with Gasteiger partial charge in [-0.05, 0) is 20.8 Å². The molecule has 0 aliphatic carbocycles. The Morgan fingerprint density at radius 2 is 2.05 bits per heavy atom. The van der Waals surface area contributed by atoms with Gasteiger partial charge in [0, 0.05) is 30.6 Å². The molecule has 0 amide bonds. The van der Waals surface area contributed by atoms with Crippen molar-refractivity contribution in [3.05, 3.63) is 0 Å². The van der Waals surface area contributed by atoms with Crippen molar-refractivity contribution >= 4 is 23.7 Å². The molecular formula is C13H23N5OS. The van der Waals surface area contributed by atoms with Crippen LogP contribution in [0.15, 0.2) is 0 Å². The third-order valence-electron chi connectivity index (χ3n) is 3.31. The molecule has 0 radical (unpaired) electrons. The van der Waals surface area contributed by atoms with Gasteiger partial charge in [-0.25, -0.2) is 0 Å². The van der Waals surface area contributed by atoms with Crippen molar-refractivity contribution in [1.29, 1.82) is 0 Å². The number of rotatable bonds is 4. The lowest BCUT2D eigenvalue weighted by Crippen LogP contribution is -2.45. The maximum absolute atomic E-state index is 5.62. The first kappa shape index (κ1) is 15.2. The number of aromatic nitrogens is 3. The van der Waals surface area contributed by atoms with Gasteiger partial charge in [-0.3, -0.25) is 0 Å². The summed E-state index contributed by atoms with van der Waals surface area (Å²) in [6, 6.07) is 0.778. The highest BCUT2D eigenvalue weighted by Gasteiger charge is 2.28. The zero-order chi connectivity index (χ0) is 14.7. The average Bonchev–Trinajstić information content (AvgIpc) is 2.40. The van der Waals surface area contributed by atoms with E-state index in [0.717, 1.165) is 12.3 Å². The van der Waals surface area contributed by atoms with Crippen LogP contribution in [0.1, 0.15) is 27.7 Å². The third-order valence-corrected chi connectivity index (χ3v) is 4.65. The first-order valence-electron chi connectivity index (χ1n) is 7.00. The second kappa shape index (κ2) is 6.47. The third kappa shape index (κ3) is 3.45. The lowest BCUT2D eigenvalue weighted by atomic mass is 10.2. The van der Waals surface area contributed by atoms with Gasteiger partial charge in [0.15, 0.2) is 0 Å². The monoisotopic (exact) mass is 297 g/mol. The Kier molecular flexibility index (Phi) is 4.91. The zero-order valence-corrected chi connectivity index (χ0v) is 13.6.